The van der Waals surface area contributed by atoms with E-state index in [1.54, 1.807) is 0 Å². The van der Waals surface area contributed by atoms with Crippen LogP contribution in [0.5, 0.6) is 0 Å². The van der Waals surface area contributed by atoms with Gasteiger partial charge in [-0.3, -0.25) is 9.59 Å². The summed E-state index contributed by atoms with van der Waals surface area (Å²) in [6, 6.07) is -0.721. The molecule has 0 rings (SSSR count). The van der Waals surface area contributed by atoms with Crippen LogP contribution in [0, 0.1) is 0 Å². The highest BCUT2D eigenvalue weighted by atomic mass is 16.5. The topological polar surface area (TPSA) is 95.9 Å². The number of aliphatic hydroxyl groups excluding tert-OH is 2. The molecule has 354 valence electrons. The molecule has 0 spiro atoms. The first-order valence-corrected chi connectivity index (χ1v) is 26.0. The molecule has 61 heavy (non-hydrogen) atoms. The molecule has 0 aromatic carbocycles. The fourth-order valence-electron chi connectivity index (χ4n) is 7.60. The number of esters is 1. The molecule has 0 bridgehead atoms. The summed E-state index contributed by atoms with van der Waals surface area (Å²) in [5, 5.41) is 23.7. The summed E-state index contributed by atoms with van der Waals surface area (Å²) < 4.78 is 5.88. The van der Waals surface area contributed by atoms with Gasteiger partial charge in [-0.05, 0) is 83.5 Å². The Morgan fingerprint density at radius 2 is 0.852 bits per heavy atom. The van der Waals surface area contributed by atoms with Gasteiger partial charge >= 0.3 is 5.97 Å². The maximum atomic E-state index is 13.2. The number of carbonyl (C=O) groups excluding carboxylic acids is 2. The Kier molecular flexibility index (Phi) is 46.6. The molecule has 0 radical (unpaired) electrons. The van der Waals surface area contributed by atoms with Crippen molar-refractivity contribution in [3.05, 3.63) is 60.8 Å². The molecule has 0 saturated heterocycles. The SMILES string of the molecule is CCCCC/C=C\C/C=C\C/C=C\C/C=C\CCCC(=O)OC(CCC/C=C\CCCCCCCCC)CC(=O)NC(CO)C(O)CCCCCCCCCCCCCCC. The van der Waals surface area contributed by atoms with Gasteiger partial charge in [0.15, 0.2) is 0 Å². The van der Waals surface area contributed by atoms with E-state index in [1.165, 1.54) is 135 Å². The molecule has 0 aromatic heterocycles. The van der Waals surface area contributed by atoms with E-state index in [1.807, 2.05) is 0 Å². The molecule has 1 amide bonds. The van der Waals surface area contributed by atoms with Crippen LogP contribution < -0.4 is 5.32 Å². The van der Waals surface area contributed by atoms with Gasteiger partial charge in [-0.1, -0.05) is 216 Å². The fourth-order valence-corrected chi connectivity index (χ4v) is 7.60. The minimum absolute atomic E-state index is 0.0343. The number of nitrogens with one attached hydrogen (secondary N) is 1. The van der Waals surface area contributed by atoms with E-state index < -0.39 is 18.2 Å². The summed E-state index contributed by atoms with van der Waals surface area (Å²) in [6.07, 6.45) is 60.0. The largest absolute Gasteiger partial charge is 0.462 e. The summed E-state index contributed by atoms with van der Waals surface area (Å²) in [4.78, 5) is 26.1. The number of aliphatic hydroxyl groups is 2. The third-order valence-corrected chi connectivity index (χ3v) is 11.6. The van der Waals surface area contributed by atoms with E-state index in [0.29, 0.717) is 25.7 Å². The molecule has 0 aliphatic rings. The molecule has 3 N–H and O–H groups in total. The molecule has 0 aromatic rings. The number of ether oxygens (including phenoxy) is 1. The predicted octanol–water partition coefficient (Wildman–Crippen LogP) is 15.6. The van der Waals surface area contributed by atoms with E-state index in [2.05, 4.69) is 86.8 Å². The molecule has 0 saturated carbocycles. The third-order valence-electron chi connectivity index (χ3n) is 11.6. The smallest absolute Gasteiger partial charge is 0.306 e. The summed E-state index contributed by atoms with van der Waals surface area (Å²) >= 11 is 0. The van der Waals surface area contributed by atoms with Crippen LogP contribution >= 0.6 is 0 Å². The second-order valence-electron chi connectivity index (χ2n) is 17.6. The van der Waals surface area contributed by atoms with Crippen LogP contribution in [0.4, 0.5) is 0 Å². The zero-order valence-corrected chi connectivity index (χ0v) is 40.3. The van der Waals surface area contributed by atoms with Crippen molar-refractivity contribution < 1.29 is 24.5 Å². The quantitative estimate of drug-likeness (QED) is 0.0322. The first kappa shape index (κ1) is 58.6. The molecule has 3 atom stereocenters. The van der Waals surface area contributed by atoms with Crippen LogP contribution in [0.2, 0.25) is 0 Å². The minimum Gasteiger partial charge on any atom is -0.462 e. The second-order valence-corrected chi connectivity index (χ2v) is 17.6. The first-order valence-electron chi connectivity index (χ1n) is 26.0. The zero-order chi connectivity index (χ0) is 44.5. The fraction of sp³-hybridized carbons (Fsp3) is 0.782. The monoisotopic (exact) mass is 854 g/mol. The summed E-state index contributed by atoms with van der Waals surface area (Å²) in [7, 11) is 0. The molecule has 3 unspecified atom stereocenters. The minimum atomic E-state index is -0.804. The van der Waals surface area contributed by atoms with E-state index in [0.717, 1.165) is 64.2 Å². The van der Waals surface area contributed by atoms with E-state index in [4.69, 9.17) is 4.74 Å². The number of rotatable bonds is 46. The Morgan fingerprint density at radius 3 is 1.34 bits per heavy atom. The van der Waals surface area contributed by atoms with Crippen LogP contribution in [0.1, 0.15) is 252 Å². The van der Waals surface area contributed by atoms with Gasteiger partial charge in [0.05, 0.1) is 25.2 Å². The van der Waals surface area contributed by atoms with E-state index in [9.17, 15) is 19.8 Å². The van der Waals surface area contributed by atoms with E-state index in [-0.39, 0.29) is 24.9 Å². The molecule has 0 fully saturated rings. The van der Waals surface area contributed by atoms with Gasteiger partial charge in [0.25, 0.3) is 0 Å². The highest BCUT2D eigenvalue weighted by molar-refractivity contribution is 5.77. The Labute approximate surface area is 378 Å². The number of carbonyl (C=O) groups is 2. The lowest BCUT2D eigenvalue weighted by molar-refractivity contribution is -0.151. The summed E-state index contributed by atoms with van der Waals surface area (Å²) in [5.41, 5.74) is 0. The number of hydrogen-bond donors (Lipinski definition) is 3. The standard InChI is InChI=1S/C55H99NO5/c1-4-7-10-13-16-19-22-25-26-27-28-30-33-36-39-42-45-48-55(60)61-51(46-43-40-37-34-31-24-21-18-15-12-9-6-3)49-54(59)56-52(50-57)53(58)47-44-41-38-35-32-29-23-20-17-14-11-8-5-2/h16,19,25-26,28,30,34,36-37,39,51-53,57-58H,4-15,17-18,20-24,27,29,31-33,35,38,40-50H2,1-3H3,(H,56,59)/b19-16-,26-25-,30-28-,37-34-,39-36-. The molecule has 0 aliphatic carbocycles. The van der Waals surface area contributed by atoms with Crippen molar-refractivity contribution in [3.8, 4) is 0 Å². The lowest BCUT2D eigenvalue weighted by Crippen LogP contribution is -2.46. The molecule has 0 heterocycles. The van der Waals surface area contributed by atoms with Gasteiger partial charge < -0.3 is 20.3 Å². The van der Waals surface area contributed by atoms with Gasteiger partial charge in [-0.2, -0.15) is 0 Å². The van der Waals surface area contributed by atoms with E-state index >= 15 is 0 Å². The average Bonchev–Trinajstić information content (AvgIpc) is 3.25. The first-order chi connectivity index (χ1) is 30.0. The number of allylic oxidation sites excluding steroid dienone is 10. The van der Waals surface area contributed by atoms with Crippen molar-refractivity contribution in [3.63, 3.8) is 0 Å². The average molecular weight is 854 g/mol. The molecular weight excluding hydrogens is 755 g/mol. The maximum Gasteiger partial charge on any atom is 0.306 e. The normalized spacial score (nSPS) is 13.7. The van der Waals surface area contributed by atoms with Gasteiger partial charge in [0, 0.05) is 6.42 Å². The molecule has 6 heteroatoms. The van der Waals surface area contributed by atoms with Crippen molar-refractivity contribution >= 4 is 11.9 Å². The molecule has 6 nitrogen and oxygen atoms in total. The van der Waals surface area contributed by atoms with Gasteiger partial charge in [-0.15, -0.1) is 0 Å². The Bertz CT molecular complexity index is 1090. The van der Waals surface area contributed by atoms with Crippen molar-refractivity contribution in [1.29, 1.82) is 0 Å². The van der Waals surface area contributed by atoms with Crippen LogP contribution in [0.25, 0.3) is 0 Å². The number of hydrogen-bond acceptors (Lipinski definition) is 5. The Morgan fingerprint density at radius 1 is 0.475 bits per heavy atom. The number of unbranched alkanes of at least 4 members (excludes halogenated alkanes) is 24. The van der Waals surface area contributed by atoms with Crippen molar-refractivity contribution in [2.75, 3.05) is 6.61 Å². The van der Waals surface area contributed by atoms with Crippen LogP contribution in [-0.2, 0) is 14.3 Å². The molecule has 0 aliphatic heterocycles. The van der Waals surface area contributed by atoms with Gasteiger partial charge in [-0.25, -0.2) is 0 Å². The summed E-state index contributed by atoms with van der Waals surface area (Å²) in [5.74, 6) is -0.568. The lowest BCUT2D eigenvalue weighted by Gasteiger charge is -2.24. The third kappa shape index (κ3) is 44.0. The highest BCUT2D eigenvalue weighted by Crippen LogP contribution is 2.17. The van der Waals surface area contributed by atoms with Crippen LogP contribution in [-0.4, -0.2) is 46.9 Å². The lowest BCUT2D eigenvalue weighted by atomic mass is 10.0. The van der Waals surface area contributed by atoms with Crippen molar-refractivity contribution in [1.82, 2.24) is 5.32 Å². The van der Waals surface area contributed by atoms with Gasteiger partial charge in [0.2, 0.25) is 5.91 Å². The highest BCUT2D eigenvalue weighted by Gasteiger charge is 2.24. The predicted molar refractivity (Wildman–Crippen MR) is 264 cm³/mol. The summed E-state index contributed by atoms with van der Waals surface area (Å²) in [6.45, 7) is 6.43. The van der Waals surface area contributed by atoms with Crippen molar-refractivity contribution in [2.45, 2.75) is 270 Å². The maximum absolute atomic E-state index is 13.2. The van der Waals surface area contributed by atoms with Crippen LogP contribution in [0.15, 0.2) is 60.8 Å². The number of amides is 1. The van der Waals surface area contributed by atoms with Crippen molar-refractivity contribution in [2.24, 2.45) is 0 Å². The second kappa shape index (κ2) is 48.6. The Hall–Kier alpha value is -2.44. The zero-order valence-electron chi connectivity index (χ0n) is 40.3. The Balaban J connectivity index is 4.67. The molecular formula is C55H99NO5. The van der Waals surface area contributed by atoms with Gasteiger partial charge in [0.1, 0.15) is 6.10 Å². The van der Waals surface area contributed by atoms with Crippen LogP contribution in [0.3, 0.4) is 0 Å².